The van der Waals surface area contributed by atoms with Crippen LogP contribution in [0.5, 0.6) is 0 Å². The molecule has 19 heavy (non-hydrogen) atoms. The zero-order valence-electron chi connectivity index (χ0n) is 10.3. The molecule has 0 saturated carbocycles. The van der Waals surface area contributed by atoms with Crippen molar-refractivity contribution in [2.75, 3.05) is 18.5 Å². The van der Waals surface area contributed by atoms with Crippen molar-refractivity contribution in [3.05, 3.63) is 46.7 Å². The second-order valence-corrected chi connectivity index (χ2v) is 5.19. The minimum absolute atomic E-state index is 0.237. The fraction of sp³-hybridized carbons (Fsp3) is 0.308. The van der Waals surface area contributed by atoms with Gasteiger partial charge in [0.05, 0.1) is 29.9 Å². The average Bonchev–Trinajstić information content (AvgIpc) is 2.83. The maximum atomic E-state index is 9.24. The molecule has 0 amide bonds. The first kappa shape index (κ1) is 14.0. The summed E-state index contributed by atoms with van der Waals surface area (Å²) in [6, 6.07) is 7.89. The summed E-state index contributed by atoms with van der Waals surface area (Å²) < 4.78 is 2.81. The maximum absolute atomic E-state index is 9.24. The maximum Gasteiger partial charge on any atom is 0.0942 e. The summed E-state index contributed by atoms with van der Waals surface area (Å²) >= 11 is 3.36. The highest BCUT2D eigenvalue weighted by molar-refractivity contribution is 9.10. The van der Waals surface area contributed by atoms with Crippen LogP contribution in [0.15, 0.2) is 41.1 Å². The molecule has 0 fully saturated rings. The zero-order valence-corrected chi connectivity index (χ0v) is 11.9. The molecule has 0 aliphatic rings. The van der Waals surface area contributed by atoms with E-state index < -0.39 is 6.10 Å². The van der Waals surface area contributed by atoms with Gasteiger partial charge in [-0.2, -0.15) is 5.10 Å². The number of benzene rings is 1. The number of anilines is 1. The van der Waals surface area contributed by atoms with Gasteiger partial charge in [0.15, 0.2) is 0 Å². The minimum atomic E-state index is -0.735. The molecular weight excluding hydrogens is 310 g/mol. The molecule has 1 aromatic heterocycles. The summed E-state index contributed by atoms with van der Waals surface area (Å²) in [5.41, 5.74) is 2.06. The van der Waals surface area contributed by atoms with Gasteiger partial charge in [0, 0.05) is 18.4 Å². The van der Waals surface area contributed by atoms with E-state index in [1.165, 1.54) is 0 Å². The Morgan fingerprint density at radius 2 is 2.05 bits per heavy atom. The van der Waals surface area contributed by atoms with Gasteiger partial charge in [-0.15, -0.1) is 0 Å². The molecule has 0 aliphatic carbocycles. The van der Waals surface area contributed by atoms with Crippen LogP contribution in [0, 0.1) is 0 Å². The molecule has 0 radical (unpaired) electrons. The Morgan fingerprint density at radius 3 is 2.63 bits per heavy atom. The van der Waals surface area contributed by atoms with Crippen LogP contribution in [0.3, 0.4) is 0 Å². The Morgan fingerprint density at radius 1 is 1.32 bits per heavy atom. The summed E-state index contributed by atoms with van der Waals surface area (Å²) in [5.74, 6) is 0. The zero-order chi connectivity index (χ0) is 13.7. The lowest BCUT2D eigenvalue weighted by molar-refractivity contribution is 0.105. The number of hydrogen-bond donors (Lipinski definition) is 3. The molecule has 5 nitrogen and oxygen atoms in total. The van der Waals surface area contributed by atoms with Crippen LogP contribution in [-0.4, -0.2) is 39.2 Å². The molecule has 2 aromatic rings. The van der Waals surface area contributed by atoms with Gasteiger partial charge in [-0.05, 0) is 33.6 Å². The average molecular weight is 326 g/mol. The molecule has 6 heteroatoms. The van der Waals surface area contributed by atoms with E-state index in [1.54, 1.807) is 6.20 Å². The molecule has 1 atom stereocenters. The molecule has 102 valence electrons. The van der Waals surface area contributed by atoms with E-state index in [0.29, 0.717) is 13.1 Å². The molecule has 1 heterocycles. The lowest BCUT2D eigenvalue weighted by atomic mass is 10.2. The van der Waals surface area contributed by atoms with Crippen molar-refractivity contribution >= 4 is 21.6 Å². The number of halogens is 1. The fourth-order valence-corrected chi connectivity index (χ4v) is 1.97. The van der Waals surface area contributed by atoms with E-state index in [4.69, 9.17) is 5.11 Å². The molecular formula is C13H16BrN3O2. The predicted octanol–water partition coefficient (Wildman–Crippen LogP) is 1.46. The van der Waals surface area contributed by atoms with E-state index in [2.05, 4.69) is 26.3 Å². The second kappa shape index (κ2) is 6.70. The van der Waals surface area contributed by atoms with E-state index in [1.807, 2.05) is 35.1 Å². The van der Waals surface area contributed by atoms with Crippen LogP contribution < -0.4 is 5.32 Å². The molecule has 0 bridgehead atoms. The lowest BCUT2D eigenvalue weighted by Crippen LogP contribution is -2.22. The molecule has 0 spiro atoms. The summed E-state index contributed by atoms with van der Waals surface area (Å²) in [7, 11) is 0. The van der Waals surface area contributed by atoms with Gasteiger partial charge in [0.1, 0.15) is 0 Å². The highest BCUT2D eigenvalue weighted by atomic mass is 79.9. The van der Waals surface area contributed by atoms with Gasteiger partial charge in [0.25, 0.3) is 0 Å². The van der Waals surface area contributed by atoms with Crippen LogP contribution >= 0.6 is 15.9 Å². The van der Waals surface area contributed by atoms with Crippen molar-refractivity contribution in [3.63, 3.8) is 0 Å². The van der Waals surface area contributed by atoms with Crippen LogP contribution in [0.25, 0.3) is 0 Å². The summed E-state index contributed by atoms with van der Waals surface area (Å²) in [6.07, 6.45) is 2.94. The first-order valence-electron chi connectivity index (χ1n) is 5.97. The number of rotatable bonds is 6. The molecule has 2 rings (SSSR count). The van der Waals surface area contributed by atoms with Gasteiger partial charge in [0.2, 0.25) is 0 Å². The third kappa shape index (κ3) is 4.34. The third-order valence-corrected chi connectivity index (χ3v) is 3.06. The number of nitrogens with zero attached hydrogens (tertiary/aromatic N) is 2. The molecule has 1 unspecified atom stereocenters. The van der Waals surface area contributed by atoms with Gasteiger partial charge in [-0.25, -0.2) is 0 Å². The fourth-order valence-electron chi connectivity index (χ4n) is 1.64. The molecule has 0 saturated heterocycles. The number of hydrogen-bond acceptors (Lipinski definition) is 4. The summed E-state index contributed by atoms with van der Waals surface area (Å²) in [4.78, 5) is 0. The normalized spacial score (nSPS) is 12.4. The van der Waals surface area contributed by atoms with Crippen LogP contribution in [0.2, 0.25) is 0 Å². The van der Waals surface area contributed by atoms with Crippen molar-refractivity contribution in [2.24, 2.45) is 0 Å². The predicted molar refractivity (Wildman–Crippen MR) is 77.1 cm³/mol. The van der Waals surface area contributed by atoms with Crippen LogP contribution in [0.4, 0.5) is 5.69 Å². The lowest BCUT2D eigenvalue weighted by Gasteiger charge is -2.10. The largest absolute Gasteiger partial charge is 0.394 e. The Hall–Kier alpha value is -1.37. The van der Waals surface area contributed by atoms with Crippen molar-refractivity contribution in [1.29, 1.82) is 0 Å². The molecule has 0 aliphatic heterocycles. The summed E-state index contributed by atoms with van der Waals surface area (Å²) in [6.45, 7) is 0.812. The van der Waals surface area contributed by atoms with E-state index >= 15 is 0 Å². The Labute approximate surface area is 120 Å². The number of nitrogens with one attached hydrogen (secondary N) is 1. The number of aliphatic hydroxyl groups is 2. The van der Waals surface area contributed by atoms with Gasteiger partial charge < -0.3 is 15.5 Å². The molecule has 1 aromatic carbocycles. The Kier molecular flexibility index (Phi) is 4.95. The second-order valence-electron chi connectivity index (χ2n) is 4.27. The van der Waals surface area contributed by atoms with Crippen molar-refractivity contribution < 1.29 is 10.2 Å². The van der Waals surface area contributed by atoms with Crippen molar-refractivity contribution in [3.8, 4) is 0 Å². The molecule has 3 N–H and O–H groups in total. The van der Waals surface area contributed by atoms with Gasteiger partial charge in [-0.3, -0.25) is 4.68 Å². The smallest absolute Gasteiger partial charge is 0.0942 e. The standard InChI is InChI=1S/C13H16BrN3O2/c14-11-5-16-17(8-11)7-10-1-3-12(4-2-10)15-6-13(19)9-18/h1-5,8,13,15,18-19H,6-7,9H2. The van der Waals surface area contributed by atoms with Crippen LogP contribution in [0.1, 0.15) is 5.56 Å². The number of aliphatic hydroxyl groups excluding tert-OH is 2. The van der Waals surface area contributed by atoms with E-state index in [0.717, 1.165) is 15.7 Å². The van der Waals surface area contributed by atoms with Crippen molar-refractivity contribution in [2.45, 2.75) is 12.6 Å². The third-order valence-electron chi connectivity index (χ3n) is 2.65. The van der Waals surface area contributed by atoms with Crippen LogP contribution in [-0.2, 0) is 6.54 Å². The highest BCUT2D eigenvalue weighted by Crippen LogP contribution is 2.12. The van der Waals surface area contributed by atoms with E-state index in [9.17, 15) is 5.11 Å². The quantitative estimate of drug-likeness (QED) is 0.752. The minimum Gasteiger partial charge on any atom is -0.394 e. The van der Waals surface area contributed by atoms with Crippen molar-refractivity contribution in [1.82, 2.24) is 9.78 Å². The van der Waals surface area contributed by atoms with Gasteiger partial charge >= 0.3 is 0 Å². The Balaban J connectivity index is 1.91. The first-order chi connectivity index (χ1) is 9.17. The SMILES string of the molecule is OCC(O)CNc1ccc(Cn2cc(Br)cn2)cc1. The first-order valence-corrected chi connectivity index (χ1v) is 6.76. The van der Waals surface area contributed by atoms with E-state index in [-0.39, 0.29) is 6.61 Å². The summed E-state index contributed by atoms with van der Waals surface area (Å²) in [5, 5.41) is 25.2. The Bertz CT molecular complexity index is 513. The monoisotopic (exact) mass is 325 g/mol. The topological polar surface area (TPSA) is 70.3 Å². The number of aromatic nitrogens is 2. The highest BCUT2D eigenvalue weighted by Gasteiger charge is 2.02. The van der Waals surface area contributed by atoms with Gasteiger partial charge in [-0.1, -0.05) is 12.1 Å².